The number of aromatic nitrogens is 2. The average Bonchev–Trinajstić information content (AvgIpc) is 3.04. The van der Waals surface area contributed by atoms with Gasteiger partial charge in [-0.15, -0.1) is 0 Å². The molecule has 0 aliphatic carbocycles. The zero-order chi connectivity index (χ0) is 18.7. The van der Waals surface area contributed by atoms with Crippen LogP contribution in [0.4, 0.5) is 0 Å². The molecule has 1 fully saturated rings. The van der Waals surface area contributed by atoms with Crippen LogP contribution in [0.2, 0.25) is 0 Å². The van der Waals surface area contributed by atoms with Crippen molar-refractivity contribution in [2.24, 2.45) is 0 Å². The second-order valence-electron chi connectivity index (χ2n) is 6.69. The van der Waals surface area contributed by atoms with Crippen molar-refractivity contribution in [3.63, 3.8) is 0 Å². The zero-order valence-corrected chi connectivity index (χ0v) is 15.1. The van der Waals surface area contributed by atoms with Crippen LogP contribution in [0, 0.1) is 6.92 Å². The molecule has 0 unspecified atom stereocenters. The van der Waals surface area contributed by atoms with E-state index in [2.05, 4.69) is 5.10 Å². The van der Waals surface area contributed by atoms with Crippen LogP contribution in [-0.4, -0.2) is 69.3 Å². The third-order valence-electron chi connectivity index (χ3n) is 4.64. The largest absolute Gasteiger partial charge is 0.393 e. The van der Waals surface area contributed by atoms with Crippen molar-refractivity contribution in [3.8, 4) is 5.69 Å². The molecule has 1 aliphatic heterocycles. The Balaban J connectivity index is 1.66. The van der Waals surface area contributed by atoms with Crippen LogP contribution in [0.3, 0.4) is 0 Å². The molecule has 1 aliphatic rings. The Kier molecular flexibility index (Phi) is 5.37. The maximum atomic E-state index is 12.7. The van der Waals surface area contributed by atoms with Gasteiger partial charge in [0.2, 0.25) is 5.91 Å². The molecular formula is C19H24N4O3. The van der Waals surface area contributed by atoms with Gasteiger partial charge in [0.1, 0.15) is 0 Å². The number of aliphatic hydroxyl groups is 1. The number of piperidine rings is 1. The maximum Gasteiger partial charge on any atom is 0.274 e. The Bertz CT molecular complexity index is 779. The van der Waals surface area contributed by atoms with Crippen LogP contribution in [0.25, 0.3) is 5.69 Å². The van der Waals surface area contributed by atoms with Crippen LogP contribution in [-0.2, 0) is 4.79 Å². The fourth-order valence-electron chi connectivity index (χ4n) is 3.10. The van der Waals surface area contributed by atoms with Gasteiger partial charge in [0, 0.05) is 25.8 Å². The van der Waals surface area contributed by atoms with Crippen LogP contribution in [0.15, 0.2) is 36.4 Å². The van der Waals surface area contributed by atoms with Gasteiger partial charge in [-0.25, -0.2) is 4.68 Å². The topological polar surface area (TPSA) is 78.7 Å². The van der Waals surface area contributed by atoms with E-state index in [0.717, 1.165) is 11.4 Å². The predicted octanol–water partition coefficient (Wildman–Crippen LogP) is 1.24. The van der Waals surface area contributed by atoms with Gasteiger partial charge in [0.15, 0.2) is 5.69 Å². The summed E-state index contributed by atoms with van der Waals surface area (Å²) in [6.45, 7) is 2.96. The summed E-state index contributed by atoms with van der Waals surface area (Å²) < 4.78 is 1.72. The van der Waals surface area contributed by atoms with Crippen molar-refractivity contribution < 1.29 is 14.7 Å². The highest BCUT2D eigenvalue weighted by Gasteiger charge is 2.25. The molecule has 0 bridgehead atoms. The minimum absolute atomic E-state index is 0.00612. The third-order valence-corrected chi connectivity index (χ3v) is 4.64. The van der Waals surface area contributed by atoms with E-state index in [4.69, 9.17) is 0 Å². The SMILES string of the molecule is Cc1cc(C(=O)N(C)CC(=O)N2CCC(O)CC2)nn1-c1ccccc1. The lowest BCUT2D eigenvalue weighted by Crippen LogP contribution is -2.45. The second-order valence-corrected chi connectivity index (χ2v) is 6.69. The van der Waals surface area contributed by atoms with E-state index in [-0.39, 0.29) is 24.5 Å². The number of carbonyl (C=O) groups excluding carboxylic acids is 2. The maximum absolute atomic E-state index is 12.7. The predicted molar refractivity (Wildman–Crippen MR) is 97.1 cm³/mol. The minimum Gasteiger partial charge on any atom is -0.393 e. The van der Waals surface area contributed by atoms with Gasteiger partial charge in [-0.2, -0.15) is 5.10 Å². The molecule has 2 amide bonds. The first-order valence-corrected chi connectivity index (χ1v) is 8.79. The minimum atomic E-state index is -0.330. The van der Waals surface area contributed by atoms with Gasteiger partial charge in [-0.1, -0.05) is 18.2 Å². The summed E-state index contributed by atoms with van der Waals surface area (Å²) in [4.78, 5) is 28.1. The van der Waals surface area contributed by atoms with Gasteiger partial charge in [-0.3, -0.25) is 9.59 Å². The molecule has 3 rings (SSSR count). The Morgan fingerprint density at radius 3 is 2.54 bits per heavy atom. The second kappa shape index (κ2) is 7.70. The van der Waals surface area contributed by atoms with E-state index in [9.17, 15) is 14.7 Å². The highest BCUT2D eigenvalue weighted by atomic mass is 16.3. The van der Waals surface area contributed by atoms with Crippen molar-refractivity contribution in [1.29, 1.82) is 0 Å². The number of aliphatic hydroxyl groups excluding tert-OH is 1. The molecule has 2 heterocycles. The first-order valence-electron chi connectivity index (χ1n) is 8.79. The molecule has 1 N–H and O–H groups in total. The van der Waals surface area contributed by atoms with Gasteiger partial charge < -0.3 is 14.9 Å². The van der Waals surface area contributed by atoms with Crippen LogP contribution < -0.4 is 0 Å². The Morgan fingerprint density at radius 2 is 1.88 bits per heavy atom. The number of carbonyl (C=O) groups is 2. The summed E-state index contributed by atoms with van der Waals surface area (Å²) in [5, 5.41) is 13.9. The number of benzene rings is 1. The van der Waals surface area contributed by atoms with Crippen molar-refractivity contribution in [1.82, 2.24) is 19.6 Å². The van der Waals surface area contributed by atoms with Gasteiger partial charge in [-0.05, 0) is 38.0 Å². The normalized spacial score (nSPS) is 15.1. The van der Waals surface area contributed by atoms with E-state index in [0.29, 0.717) is 31.6 Å². The van der Waals surface area contributed by atoms with Crippen molar-refractivity contribution >= 4 is 11.8 Å². The van der Waals surface area contributed by atoms with E-state index in [1.165, 1.54) is 4.90 Å². The molecule has 0 spiro atoms. The number of aryl methyl sites for hydroxylation is 1. The van der Waals surface area contributed by atoms with Crippen molar-refractivity contribution in [3.05, 3.63) is 47.8 Å². The number of para-hydroxylation sites is 1. The fourth-order valence-corrected chi connectivity index (χ4v) is 3.10. The molecular weight excluding hydrogens is 332 g/mol. The zero-order valence-electron chi connectivity index (χ0n) is 15.1. The summed E-state index contributed by atoms with van der Waals surface area (Å²) in [6.07, 6.45) is 0.845. The molecule has 0 atom stereocenters. The van der Waals surface area contributed by atoms with Gasteiger partial charge >= 0.3 is 0 Å². The summed E-state index contributed by atoms with van der Waals surface area (Å²) in [6, 6.07) is 11.3. The Labute approximate surface area is 152 Å². The molecule has 2 aromatic rings. The fraction of sp³-hybridized carbons (Fsp3) is 0.421. The van der Waals surface area contributed by atoms with Crippen LogP contribution in [0.1, 0.15) is 29.0 Å². The standard InChI is InChI=1S/C19H24N4O3/c1-14-12-17(20-23(14)15-6-4-3-5-7-15)19(26)21(2)13-18(25)22-10-8-16(24)9-11-22/h3-7,12,16,24H,8-11,13H2,1-2H3. The number of rotatable bonds is 4. The van der Waals surface area contributed by atoms with Crippen LogP contribution in [0.5, 0.6) is 0 Å². The summed E-state index contributed by atoms with van der Waals surface area (Å²) >= 11 is 0. The number of likely N-dealkylation sites (tertiary alicyclic amines) is 1. The van der Waals surface area contributed by atoms with Crippen LogP contribution >= 0.6 is 0 Å². The number of hydrogen-bond donors (Lipinski definition) is 1. The lowest BCUT2D eigenvalue weighted by Gasteiger charge is -2.30. The van der Waals surface area contributed by atoms with E-state index in [1.807, 2.05) is 37.3 Å². The molecule has 1 aromatic heterocycles. The number of nitrogens with zero attached hydrogens (tertiary/aromatic N) is 4. The molecule has 1 saturated heterocycles. The summed E-state index contributed by atoms with van der Waals surface area (Å²) in [5.41, 5.74) is 2.05. The third kappa shape index (κ3) is 3.94. The first-order chi connectivity index (χ1) is 12.5. The first kappa shape index (κ1) is 18.1. The quantitative estimate of drug-likeness (QED) is 0.894. The number of likely N-dealkylation sites (N-methyl/N-ethyl adjacent to an activating group) is 1. The van der Waals surface area contributed by atoms with Gasteiger partial charge in [0.25, 0.3) is 5.91 Å². The monoisotopic (exact) mass is 356 g/mol. The lowest BCUT2D eigenvalue weighted by molar-refractivity contribution is -0.133. The molecule has 0 radical (unpaired) electrons. The Hall–Kier alpha value is -2.67. The van der Waals surface area contributed by atoms with Crippen molar-refractivity contribution in [2.45, 2.75) is 25.9 Å². The van der Waals surface area contributed by atoms with E-state index < -0.39 is 0 Å². The molecule has 138 valence electrons. The van der Waals surface area contributed by atoms with Crippen molar-refractivity contribution in [2.75, 3.05) is 26.7 Å². The summed E-state index contributed by atoms with van der Waals surface area (Å²) in [7, 11) is 1.61. The summed E-state index contributed by atoms with van der Waals surface area (Å²) in [5.74, 6) is -0.389. The number of amides is 2. The smallest absolute Gasteiger partial charge is 0.274 e. The molecule has 7 nitrogen and oxygen atoms in total. The average molecular weight is 356 g/mol. The highest BCUT2D eigenvalue weighted by molar-refractivity contribution is 5.94. The van der Waals surface area contributed by atoms with Gasteiger partial charge in [0.05, 0.1) is 18.3 Å². The molecule has 1 aromatic carbocycles. The molecule has 7 heteroatoms. The Morgan fingerprint density at radius 1 is 1.23 bits per heavy atom. The lowest BCUT2D eigenvalue weighted by atomic mass is 10.1. The van der Waals surface area contributed by atoms with E-state index >= 15 is 0 Å². The van der Waals surface area contributed by atoms with E-state index in [1.54, 1.807) is 22.7 Å². The number of hydrogen-bond acceptors (Lipinski definition) is 4. The molecule has 26 heavy (non-hydrogen) atoms. The molecule has 0 saturated carbocycles. The highest BCUT2D eigenvalue weighted by Crippen LogP contribution is 2.14.